The van der Waals surface area contributed by atoms with E-state index in [9.17, 15) is 9.18 Å². The van der Waals surface area contributed by atoms with E-state index < -0.39 is 0 Å². The molecule has 0 atom stereocenters. The van der Waals surface area contributed by atoms with E-state index in [4.69, 9.17) is 0 Å². The van der Waals surface area contributed by atoms with Crippen molar-refractivity contribution in [3.63, 3.8) is 0 Å². The first-order valence-electron chi connectivity index (χ1n) is 5.48. The minimum atomic E-state index is -0.344. The van der Waals surface area contributed by atoms with Gasteiger partial charge in [0.1, 0.15) is 5.82 Å². The average molecular weight is 298 g/mol. The van der Waals surface area contributed by atoms with Gasteiger partial charge in [-0.15, -0.1) is 0 Å². The molecule has 0 aliphatic carbocycles. The van der Waals surface area contributed by atoms with Crippen molar-refractivity contribution in [1.29, 1.82) is 0 Å². The molecule has 1 aromatic carbocycles. The van der Waals surface area contributed by atoms with E-state index in [1.807, 2.05) is 6.92 Å². The highest BCUT2D eigenvalue weighted by Crippen LogP contribution is 2.21. The zero-order valence-corrected chi connectivity index (χ0v) is 11.1. The normalized spacial score (nSPS) is 15.7. The minimum Gasteiger partial charge on any atom is -0.334 e. The van der Waals surface area contributed by atoms with Gasteiger partial charge in [-0.25, -0.2) is 4.39 Å². The molecule has 1 heterocycles. The Labute approximate surface area is 108 Å². The third-order valence-corrected chi connectivity index (χ3v) is 3.44. The van der Waals surface area contributed by atoms with E-state index in [0.29, 0.717) is 16.6 Å². The standard InChI is InChI=1S/C13H13BrFNO/c1-9-3-2-6-16(8-9)13(17)11-5-4-10(15)7-12(11)14/h3-5,7H,2,6,8H2,1H3. The van der Waals surface area contributed by atoms with E-state index in [2.05, 4.69) is 22.0 Å². The minimum absolute atomic E-state index is 0.0516. The van der Waals surface area contributed by atoms with E-state index in [-0.39, 0.29) is 11.7 Å². The Morgan fingerprint density at radius 2 is 2.24 bits per heavy atom. The van der Waals surface area contributed by atoms with Crippen LogP contribution in [0, 0.1) is 5.82 Å². The van der Waals surface area contributed by atoms with Gasteiger partial charge < -0.3 is 4.90 Å². The van der Waals surface area contributed by atoms with Crippen molar-refractivity contribution in [2.24, 2.45) is 0 Å². The van der Waals surface area contributed by atoms with Gasteiger partial charge in [0, 0.05) is 17.6 Å². The van der Waals surface area contributed by atoms with Crippen LogP contribution in [-0.2, 0) is 0 Å². The largest absolute Gasteiger partial charge is 0.334 e. The molecule has 0 fully saturated rings. The van der Waals surface area contributed by atoms with Crippen LogP contribution in [0.2, 0.25) is 0 Å². The van der Waals surface area contributed by atoms with Gasteiger partial charge >= 0.3 is 0 Å². The SMILES string of the molecule is CC1=CCCN(C(=O)c2ccc(F)cc2Br)C1. The maximum Gasteiger partial charge on any atom is 0.255 e. The van der Waals surface area contributed by atoms with E-state index in [0.717, 1.165) is 13.0 Å². The van der Waals surface area contributed by atoms with Crippen LogP contribution in [0.4, 0.5) is 4.39 Å². The number of carbonyl (C=O) groups excluding carboxylic acids is 1. The Morgan fingerprint density at radius 1 is 1.47 bits per heavy atom. The summed E-state index contributed by atoms with van der Waals surface area (Å²) >= 11 is 3.23. The molecule has 1 aliphatic heterocycles. The molecule has 0 bridgehead atoms. The molecule has 1 aliphatic rings. The zero-order valence-electron chi connectivity index (χ0n) is 9.54. The van der Waals surface area contributed by atoms with Crippen molar-refractivity contribution in [2.75, 3.05) is 13.1 Å². The molecule has 2 nitrogen and oxygen atoms in total. The predicted molar refractivity (Wildman–Crippen MR) is 68.4 cm³/mol. The molecule has 0 unspecified atom stereocenters. The number of halogens is 2. The molecule has 0 spiro atoms. The van der Waals surface area contributed by atoms with Crippen molar-refractivity contribution in [3.05, 3.63) is 45.7 Å². The number of amides is 1. The van der Waals surface area contributed by atoms with Crippen molar-refractivity contribution in [2.45, 2.75) is 13.3 Å². The Balaban J connectivity index is 2.22. The Morgan fingerprint density at radius 3 is 2.88 bits per heavy atom. The predicted octanol–water partition coefficient (Wildman–Crippen LogP) is 3.38. The second-order valence-electron chi connectivity index (χ2n) is 4.19. The van der Waals surface area contributed by atoms with Crippen LogP contribution in [0.25, 0.3) is 0 Å². The van der Waals surface area contributed by atoms with Crippen LogP contribution in [0.5, 0.6) is 0 Å². The summed E-state index contributed by atoms with van der Waals surface area (Å²) in [6.45, 7) is 3.39. The maximum absolute atomic E-state index is 13.0. The van der Waals surface area contributed by atoms with Gasteiger partial charge in [-0.3, -0.25) is 4.79 Å². The van der Waals surface area contributed by atoms with Crippen LogP contribution >= 0.6 is 15.9 Å². The van der Waals surface area contributed by atoms with E-state index >= 15 is 0 Å². The van der Waals surface area contributed by atoms with Gasteiger partial charge in [-0.2, -0.15) is 0 Å². The molecular weight excluding hydrogens is 285 g/mol. The topological polar surface area (TPSA) is 20.3 Å². The number of benzene rings is 1. The molecule has 2 rings (SSSR count). The maximum atomic E-state index is 13.0. The summed E-state index contributed by atoms with van der Waals surface area (Å²) in [5.74, 6) is -0.396. The first-order valence-corrected chi connectivity index (χ1v) is 6.27. The molecule has 4 heteroatoms. The third kappa shape index (κ3) is 2.75. The van der Waals surface area contributed by atoms with Crippen LogP contribution in [-0.4, -0.2) is 23.9 Å². The highest BCUT2D eigenvalue weighted by molar-refractivity contribution is 9.10. The second-order valence-corrected chi connectivity index (χ2v) is 5.04. The molecule has 17 heavy (non-hydrogen) atoms. The van der Waals surface area contributed by atoms with E-state index in [1.165, 1.54) is 23.8 Å². The fourth-order valence-corrected chi connectivity index (χ4v) is 2.44. The summed E-state index contributed by atoms with van der Waals surface area (Å²) in [6.07, 6.45) is 3.03. The smallest absolute Gasteiger partial charge is 0.255 e. The molecule has 0 saturated carbocycles. The summed E-state index contributed by atoms with van der Waals surface area (Å²) in [4.78, 5) is 14.0. The Kier molecular flexibility index (Phi) is 3.62. The van der Waals surface area contributed by atoms with Crippen LogP contribution in [0.15, 0.2) is 34.3 Å². The van der Waals surface area contributed by atoms with Gasteiger partial charge in [0.2, 0.25) is 0 Å². The van der Waals surface area contributed by atoms with Crippen molar-refractivity contribution in [3.8, 4) is 0 Å². The quantitative estimate of drug-likeness (QED) is 0.728. The van der Waals surface area contributed by atoms with Crippen molar-refractivity contribution < 1.29 is 9.18 Å². The summed E-state index contributed by atoms with van der Waals surface area (Å²) in [7, 11) is 0. The van der Waals surface area contributed by atoms with E-state index in [1.54, 1.807) is 4.90 Å². The summed E-state index contributed by atoms with van der Waals surface area (Å²) in [5.41, 5.74) is 1.71. The molecule has 90 valence electrons. The lowest BCUT2D eigenvalue weighted by atomic mass is 10.1. The van der Waals surface area contributed by atoms with Gasteiger partial charge in [0.15, 0.2) is 0 Å². The molecule has 0 radical (unpaired) electrons. The number of carbonyl (C=O) groups is 1. The highest BCUT2D eigenvalue weighted by Gasteiger charge is 2.20. The van der Waals surface area contributed by atoms with Gasteiger partial charge in [-0.05, 0) is 47.5 Å². The van der Waals surface area contributed by atoms with Gasteiger partial charge in [-0.1, -0.05) is 11.6 Å². The molecular formula is C13H13BrFNO. The molecule has 1 aromatic rings. The Hall–Kier alpha value is -1.16. The second kappa shape index (κ2) is 5.00. The fraction of sp³-hybridized carbons (Fsp3) is 0.308. The van der Waals surface area contributed by atoms with Gasteiger partial charge in [0.05, 0.1) is 5.56 Å². The first-order chi connectivity index (χ1) is 8.08. The third-order valence-electron chi connectivity index (χ3n) is 2.78. The number of rotatable bonds is 1. The Bertz CT molecular complexity index is 484. The van der Waals surface area contributed by atoms with Crippen molar-refractivity contribution in [1.82, 2.24) is 4.90 Å². The highest BCUT2D eigenvalue weighted by atomic mass is 79.9. The lowest BCUT2D eigenvalue weighted by molar-refractivity contribution is 0.0765. The molecule has 0 aromatic heterocycles. The lowest BCUT2D eigenvalue weighted by Gasteiger charge is -2.26. The fourth-order valence-electron chi connectivity index (χ4n) is 1.92. The average Bonchev–Trinajstić information content (AvgIpc) is 2.28. The zero-order chi connectivity index (χ0) is 12.4. The van der Waals surface area contributed by atoms with Crippen LogP contribution in [0.1, 0.15) is 23.7 Å². The molecule has 0 N–H and O–H groups in total. The van der Waals surface area contributed by atoms with Crippen LogP contribution in [0.3, 0.4) is 0 Å². The number of hydrogen-bond donors (Lipinski definition) is 0. The number of hydrogen-bond acceptors (Lipinski definition) is 1. The summed E-state index contributed by atoms with van der Waals surface area (Å²) in [5, 5.41) is 0. The van der Waals surface area contributed by atoms with Crippen molar-refractivity contribution >= 4 is 21.8 Å². The lowest BCUT2D eigenvalue weighted by Crippen LogP contribution is -2.35. The monoisotopic (exact) mass is 297 g/mol. The summed E-state index contributed by atoms with van der Waals surface area (Å²) < 4.78 is 13.5. The molecule has 0 saturated heterocycles. The summed E-state index contributed by atoms with van der Waals surface area (Å²) in [6, 6.07) is 4.15. The first kappa shape index (κ1) is 12.3. The molecule has 1 amide bonds. The number of nitrogens with zero attached hydrogens (tertiary/aromatic N) is 1. The van der Waals surface area contributed by atoms with Crippen LogP contribution < -0.4 is 0 Å². The van der Waals surface area contributed by atoms with Gasteiger partial charge in [0.25, 0.3) is 5.91 Å².